The molecule has 1 rings (SSSR count). The molecule has 1 aromatic carbocycles. The fourth-order valence-corrected chi connectivity index (χ4v) is 1.64. The van der Waals surface area contributed by atoms with Gasteiger partial charge in [0.1, 0.15) is 6.42 Å². The minimum Gasteiger partial charge on any atom is -0.462 e. The fraction of sp³-hybridized carbons (Fsp3) is 0.333. The smallest absolute Gasteiger partial charge is 0.340 e. The van der Waals surface area contributed by atoms with Crippen LogP contribution in [-0.4, -0.2) is 31.1 Å². The number of rotatable bonds is 6. The van der Waals surface area contributed by atoms with E-state index in [2.05, 4.69) is 5.32 Å². The van der Waals surface area contributed by atoms with Crippen LogP contribution < -0.4 is 5.32 Å². The molecule has 0 saturated heterocycles. The predicted molar refractivity (Wildman–Crippen MR) is 77.2 cm³/mol. The Morgan fingerprint density at radius 3 is 2.36 bits per heavy atom. The Labute approximate surface area is 127 Å². The molecule has 0 radical (unpaired) electrons. The van der Waals surface area contributed by atoms with Gasteiger partial charge in [0, 0.05) is 0 Å². The van der Waals surface area contributed by atoms with Gasteiger partial charge >= 0.3 is 11.9 Å². The van der Waals surface area contributed by atoms with Crippen molar-refractivity contribution in [2.24, 2.45) is 0 Å². The van der Waals surface area contributed by atoms with Gasteiger partial charge in [0.05, 0.1) is 36.1 Å². The summed E-state index contributed by atoms with van der Waals surface area (Å²) >= 11 is 0. The van der Waals surface area contributed by atoms with Crippen molar-refractivity contribution in [1.82, 2.24) is 0 Å². The molecule has 0 saturated carbocycles. The molecule has 22 heavy (non-hydrogen) atoms. The molecule has 1 aromatic rings. The molecule has 1 N–H and O–H groups in total. The van der Waals surface area contributed by atoms with Crippen molar-refractivity contribution < 1.29 is 23.9 Å². The zero-order chi connectivity index (χ0) is 16.5. The third-order valence-electron chi connectivity index (χ3n) is 2.54. The molecule has 0 spiro atoms. The molecule has 116 valence electrons. The first-order chi connectivity index (χ1) is 10.5. The highest BCUT2D eigenvalue weighted by molar-refractivity contribution is 6.03. The second-order valence-electron chi connectivity index (χ2n) is 4.08. The number of hydrogen-bond donors (Lipinski definition) is 1. The largest absolute Gasteiger partial charge is 0.462 e. The Morgan fingerprint density at radius 2 is 1.77 bits per heavy atom. The maximum atomic E-state index is 11.9. The summed E-state index contributed by atoms with van der Waals surface area (Å²) < 4.78 is 9.76. The molecule has 7 nitrogen and oxygen atoms in total. The zero-order valence-electron chi connectivity index (χ0n) is 12.3. The van der Waals surface area contributed by atoms with Crippen molar-refractivity contribution in [3.63, 3.8) is 0 Å². The average Bonchev–Trinajstić information content (AvgIpc) is 2.48. The molecule has 1 amide bonds. The molecule has 0 atom stereocenters. The second-order valence-corrected chi connectivity index (χ2v) is 4.08. The highest BCUT2D eigenvalue weighted by Crippen LogP contribution is 2.20. The number of nitrogens with zero attached hydrogens (tertiary/aromatic N) is 1. The van der Waals surface area contributed by atoms with E-state index in [1.165, 1.54) is 18.2 Å². The molecular weight excluding hydrogens is 288 g/mol. The van der Waals surface area contributed by atoms with Gasteiger partial charge in [-0.25, -0.2) is 9.59 Å². The molecule has 0 fully saturated rings. The molecule has 0 aliphatic heterocycles. The number of esters is 2. The third-order valence-corrected chi connectivity index (χ3v) is 2.54. The highest BCUT2D eigenvalue weighted by atomic mass is 16.5. The lowest BCUT2D eigenvalue weighted by Crippen LogP contribution is -2.16. The first-order valence-electron chi connectivity index (χ1n) is 6.68. The van der Waals surface area contributed by atoms with E-state index in [9.17, 15) is 14.4 Å². The van der Waals surface area contributed by atoms with Crippen LogP contribution in [0.15, 0.2) is 18.2 Å². The summed E-state index contributed by atoms with van der Waals surface area (Å²) in [6, 6.07) is 5.81. The summed E-state index contributed by atoms with van der Waals surface area (Å²) in [5, 5.41) is 10.9. The molecule has 0 bridgehead atoms. The predicted octanol–water partition coefficient (Wildman–Crippen LogP) is 1.89. The monoisotopic (exact) mass is 304 g/mol. The number of ether oxygens (including phenoxy) is 2. The van der Waals surface area contributed by atoms with Gasteiger partial charge in [-0.15, -0.1) is 0 Å². The van der Waals surface area contributed by atoms with E-state index < -0.39 is 17.8 Å². The van der Waals surface area contributed by atoms with Gasteiger partial charge in [0.2, 0.25) is 5.91 Å². The van der Waals surface area contributed by atoms with Crippen LogP contribution in [0.1, 0.15) is 41.0 Å². The first kappa shape index (κ1) is 17.2. The Kier molecular flexibility index (Phi) is 6.57. The van der Waals surface area contributed by atoms with E-state index in [4.69, 9.17) is 14.7 Å². The molecule has 0 aliphatic rings. The number of carbonyl (C=O) groups excluding carboxylic acids is 3. The second kappa shape index (κ2) is 8.42. The topological polar surface area (TPSA) is 105 Å². The lowest BCUT2D eigenvalue weighted by atomic mass is 10.1. The number of hydrogen-bond acceptors (Lipinski definition) is 6. The van der Waals surface area contributed by atoms with Crippen LogP contribution >= 0.6 is 0 Å². The van der Waals surface area contributed by atoms with Crippen LogP contribution in [0.2, 0.25) is 0 Å². The van der Waals surface area contributed by atoms with E-state index in [1.807, 2.05) is 0 Å². The number of nitriles is 1. The summed E-state index contributed by atoms with van der Waals surface area (Å²) in [6.45, 7) is 3.66. The minimum atomic E-state index is -0.680. The Morgan fingerprint density at radius 1 is 1.14 bits per heavy atom. The lowest BCUT2D eigenvalue weighted by molar-refractivity contribution is -0.115. The van der Waals surface area contributed by atoms with Gasteiger partial charge in [0.25, 0.3) is 0 Å². The third kappa shape index (κ3) is 4.59. The summed E-state index contributed by atoms with van der Waals surface area (Å²) in [6.07, 6.45) is -0.345. The van der Waals surface area contributed by atoms with E-state index in [-0.39, 0.29) is 36.4 Å². The van der Waals surface area contributed by atoms with Gasteiger partial charge < -0.3 is 14.8 Å². The van der Waals surface area contributed by atoms with Crippen LogP contribution in [0.3, 0.4) is 0 Å². The standard InChI is InChI=1S/C15H16N2O5/c1-3-21-14(19)10-5-6-12(17-13(18)7-8-16)11(9-10)15(20)22-4-2/h5-6,9H,3-4,7H2,1-2H3,(H,17,18). The van der Waals surface area contributed by atoms with Gasteiger partial charge in [-0.05, 0) is 32.0 Å². The number of benzene rings is 1. The normalized spacial score (nSPS) is 9.50. The van der Waals surface area contributed by atoms with Crippen LogP contribution in [0.25, 0.3) is 0 Å². The zero-order valence-corrected chi connectivity index (χ0v) is 12.3. The van der Waals surface area contributed by atoms with Gasteiger partial charge in [-0.2, -0.15) is 5.26 Å². The number of nitrogens with one attached hydrogen (secondary N) is 1. The molecule has 0 unspecified atom stereocenters. The van der Waals surface area contributed by atoms with Crippen molar-refractivity contribution in [3.05, 3.63) is 29.3 Å². The van der Waals surface area contributed by atoms with Crippen molar-refractivity contribution in [2.45, 2.75) is 20.3 Å². The molecule has 0 aromatic heterocycles. The van der Waals surface area contributed by atoms with Crippen molar-refractivity contribution in [3.8, 4) is 6.07 Å². The van der Waals surface area contributed by atoms with Gasteiger partial charge in [0.15, 0.2) is 0 Å². The molecule has 0 aliphatic carbocycles. The van der Waals surface area contributed by atoms with Crippen LogP contribution in [0.5, 0.6) is 0 Å². The number of amides is 1. The molecule has 7 heteroatoms. The maximum absolute atomic E-state index is 11.9. The van der Waals surface area contributed by atoms with Crippen LogP contribution in [-0.2, 0) is 14.3 Å². The van der Waals surface area contributed by atoms with E-state index >= 15 is 0 Å². The molecule has 0 heterocycles. The van der Waals surface area contributed by atoms with Crippen molar-refractivity contribution in [1.29, 1.82) is 5.26 Å². The average molecular weight is 304 g/mol. The minimum absolute atomic E-state index is 0.0266. The van der Waals surface area contributed by atoms with Crippen LogP contribution in [0.4, 0.5) is 5.69 Å². The number of anilines is 1. The fourth-order valence-electron chi connectivity index (χ4n) is 1.64. The van der Waals surface area contributed by atoms with Crippen molar-refractivity contribution >= 4 is 23.5 Å². The van der Waals surface area contributed by atoms with E-state index in [0.29, 0.717) is 0 Å². The lowest BCUT2D eigenvalue weighted by Gasteiger charge is -2.11. The Bertz CT molecular complexity index is 619. The van der Waals surface area contributed by atoms with Gasteiger partial charge in [-0.1, -0.05) is 0 Å². The molecular formula is C15H16N2O5. The highest BCUT2D eigenvalue weighted by Gasteiger charge is 2.18. The van der Waals surface area contributed by atoms with Crippen molar-refractivity contribution in [2.75, 3.05) is 18.5 Å². The first-order valence-corrected chi connectivity index (χ1v) is 6.68. The summed E-state index contributed by atoms with van der Waals surface area (Å²) in [4.78, 5) is 35.1. The van der Waals surface area contributed by atoms with Gasteiger partial charge in [-0.3, -0.25) is 4.79 Å². The summed E-state index contributed by atoms with van der Waals surface area (Å²) in [5.74, 6) is -1.82. The Balaban J connectivity index is 3.15. The maximum Gasteiger partial charge on any atom is 0.340 e. The SMILES string of the molecule is CCOC(=O)c1ccc(NC(=O)CC#N)c(C(=O)OCC)c1. The summed E-state index contributed by atoms with van der Waals surface area (Å²) in [7, 11) is 0. The van der Waals surface area contributed by atoms with E-state index in [0.717, 1.165) is 0 Å². The number of carbonyl (C=O) groups is 3. The van der Waals surface area contributed by atoms with E-state index in [1.54, 1.807) is 19.9 Å². The van der Waals surface area contributed by atoms with Crippen LogP contribution in [0, 0.1) is 11.3 Å². The Hall–Kier alpha value is -2.88. The summed E-state index contributed by atoms with van der Waals surface area (Å²) in [5.41, 5.74) is 0.369. The quantitative estimate of drug-likeness (QED) is 0.804.